The van der Waals surface area contributed by atoms with Gasteiger partial charge in [0.1, 0.15) is 11.6 Å². The molecule has 2 atom stereocenters. The van der Waals surface area contributed by atoms with Crippen molar-refractivity contribution < 1.29 is 14.0 Å². The average Bonchev–Trinajstić information content (AvgIpc) is 3.22. The van der Waals surface area contributed by atoms with E-state index in [0.29, 0.717) is 30.1 Å². The maximum Gasteiger partial charge on any atom is 0.242 e. The molecule has 0 radical (unpaired) electrons. The van der Waals surface area contributed by atoms with Crippen molar-refractivity contribution in [2.75, 3.05) is 5.32 Å². The zero-order chi connectivity index (χ0) is 26.0. The Labute approximate surface area is 213 Å². The summed E-state index contributed by atoms with van der Waals surface area (Å²) in [7, 11) is 0. The Morgan fingerprint density at radius 3 is 2.63 bits per heavy atom. The van der Waals surface area contributed by atoms with E-state index >= 15 is 0 Å². The predicted octanol–water partition coefficient (Wildman–Crippen LogP) is 5.67. The molecule has 35 heavy (non-hydrogen) atoms. The Hall–Kier alpha value is -2.25. The molecule has 0 aliphatic heterocycles. The molecule has 6 nitrogen and oxygen atoms in total. The molecule has 3 rings (SSSR count). The molecule has 1 aromatic carbocycles. The molecular weight excluding hydrogens is 467 g/mol. The third kappa shape index (κ3) is 6.91. The molecule has 1 aromatic heterocycles. The maximum absolute atomic E-state index is 13.7. The fourth-order valence-corrected chi connectivity index (χ4v) is 4.78. The van der Waals surface area contributed by atoms with Gasteiger partial charge >= 0.3 is 0 Å². The second kappa shape index (κ2) is 10.8. The number of nitrogens with one attached hydrogen (secondary N) is 2. The Kier molecular flexibility index (Phi) is 8.43. The van der Waals surface area contributed by atoms with Crippen molar-refractivity contribution in [1.82, 2.24) is 14.9 Å². The van der Waals surface area contributed by atoms with Gasteiger partial charge in [0.15, 0.2) is 5.82 Å². The summed E-state index contributed by atoms with van der Waals surface area (Å²) in [6.45, 7) is 11.8. The number of fused-ring (bicyclic) bond motifs is 1. The first-order valence-electron chi connectivity index (χ1n) is 12.4. The van der Waals surface area contributed by atoms with E-state index in [4.69, 9.17) is 11.6 Å². The van der Waals surface area contributed by atoms with Gasteiger partial charge in [-0.3, -0.25) is 9.59 Å². The number of aryl methyl sites for hydroxylation is 1. The zero-order valence-electron chi connectivity index (χ0n) is 21.7. The molecule has 192 valence electrons. The molecule has 0 fully saturated rings. The molecule has 1 aliphatic rings. The van der Waals surface area contributed by atoms with Gasteiger partial charge in [-0.2, -0.15) is 0 Å². The van der Waals surface area contributed by atoms with Crippen LogP contribution in [0, 0.1) is 11.2 Å². The van der Waals surface area contributed by atoms with Gasteiger partial charge < -0.3 is 15.2 Å². The van der Waals surface area contributed by atoms with Crippen LogP contribution in [0.25, 0.3) is 0 Å². The third-order valence-corrected chi connectivity index (χ3v) is 7.10. The Morgan fingerprint density at radius 2 is 1.97 bits per heavy atom. The summed E-state index contributed by atoms with van der Waals surface area (Å²) in [6, 6.07) is 2.60. The van der Waals surface area contributed by atoms with Crippen molar-refractivity contribution in [3.8, 4) is 0 Å². The van der Waals surface area contributed by atoms with Gasteiger partial charge in [-0.05, 0) is 62.8 Å². The van der Waals surface area contributed by atoms with Gasteiger partial charge in [0.25, 0.3) is 0 Å². The van der Waals surface area contributed by atoms with Crippen LogP contribution >= 0.6 is 11.6 Å². The van der Waals surface area contributed by atoms with E-state index in [2.05, 4.69) is 15.6 Å². The standard InChI is InChI=1S/C27H38ClFN4O2/c1-7-8-22(31-19-10-9-17-11-18(29)12-21(28)20(17)13-19)25(35)32-24-15-33(16-30-24)27(5,6)14-23(34)26(2,3)4/h11-12,15-16,19,22,31H,7-10,13-14H2,1-6H3,(H,32,35). The highest BCUT2D eigenvalue weighted by atomic mass is 35.5. The molecule has 8 heteroatoms. The first-order chi connectivity index (χ1) is 16.3. The minimum Gasteiger partial charge on any atom is -0.329 e. The van der Waals surface area contributed by atoms with Crippen LogP contribution < -0.4 is 10.6 Å². The smallest absolute Gasteiger partial charge is 0.242 e. The fraction of sp³-hybridized carbons (Fsp3) is 0.593. The second-order valence-electron chi connectivity index (χ2n) is 11.3. The molecular formula is C27H38ClFN4O2. The number of rotatable bonds is 9. The molecule has 0 bridgehead atoms. The summed E-state index contributed by atoms with van der Waals surface area (Å²) < 4.78 is 15.6. The summed E-state index contributed by atoms with van der Waals surface area (Å²) in [5.41, 5.74) is 1.03. The number of carbonyl (C=O) groups is 2. The second-order valence-corrected chi connectivity index (χ2v) is 11.7. The fourth-order valence-electron chi connectivity index (χ4n) is 4.47. The van der Waals surface area contributed by atoms with Crippen LogP contribution in [-0.2, 0) is 28.0 Å². The number of imidazole rings is 1. The third-order valence-electron chi connectivity index (χ3n) is 6.76. The Balaban J connectivity index is 1.65. The number of aromatic nitrogens is 2. The molecule has 1 amide bonds. The Bertz CT molecular complexity index is 1070. The average molecular weight is 505 g/mol. The highest BCUT2D eigenvalue weighted by Gasteiger charge is 2.31. The molecule has 0 spiro atoms. The number of Topliss-reactive ketones (excluding diaryl/α,β-unsaturated/α-hetero) is 1. The number of carbonyl (C=O) groups excluding carboxylic acids is 2. The maximum atomic E-state index is 13.7. The molecule has 1 heterocycles. The van der Waals surface area contributed by atoms with Gasteiger partial charge in [-0.25, -0.2) is 9.37 Å². The largest absolute Gasteiger partial charge is 0.329 e. The van der Waals surface area contributed by atoms with Crippen molar-refractivity contribution in [2.24, 2.45) is 5.41 Å². The number of anilines is 1. The van der Waals surface area contributed by atoms with E-state index in [9.17, 15) is 14.0 Å². The summed E-state index contributed by atoms with van der Waals surface area (Å²) in [4.78, 5) is 30.1. The predicted molar refractivity (Wildman–Crippen MR) is 138 cm³/mol. The van der Waals surface area contributed by atoms with Crippen molar-refractivity contribution in [3.63, 3.8) is 0 Å². The minimum atomic E-state index is -0.463. The van der Waals surface area contributed by atoms with E-state index in [1.165, 1.54) is 6.07 Å². The van der Waals surface area contributed by atoms with Gasteiger partial charge in [0, 0.05) is 34.6 Å². The van der Waals surface area contributed by atoms with E-state index in [-0.39, 0.29) is 29.6 Å². The van der Waals surface area contributed by atoms with Crippen LogP contribution in [0.15, 0.2) is 24.7 Å². The highest BCUT2D eigenvalue weighted by Crippen LogP contribution is 2.30. The van der Waals surface area contributed by atoms with Gasteiger partial charge in [-0.1, -0.05) is 45.7 Å². The number of halogens is 2. The van der Waals surface area contributed by atoms with Crippen molar-refractivity contribution in [1.29, 1.82) is 0 Å². The lowest BCUT2D eigenvalue weighted by Gasteiger charge is -2.30. The number of hydrogen-bond acceptors (Lipinski definition) is 4. The van der Waals surface area contributed by atoms with Gasteiger partial charge in [0.05, 0.1) is 12.4 Å². The molecule has 2 aromatic rings. The van der Waals surface area contributed by atoms with E-state index in [1.54, 1.807) is 18.6 Å². The number of benzene rings is 1. The Morgan fingerprint density at radius 1 is 1.26 bits per heavy atom. The van der Waals surface area contributed by atoms with E-state index < -0.39 is 11.0 Å². The number of ketones is 1. The van der Waals surface area contributed by atoms with Crippen LogP contribution in [0.1, 0.15) is 78.4 Å². The quantitative estimate of drug-likeness (QED) is 0.461. The van der Waals surface area contributed by atoms with E-state index in [1.807, 2.05) is 46.1 Å². The summed E-state index contributed by atoms with van der Waals surface area (Å²) in [5, 5.41) is 6.88. The van der Waals surface area contributed by atoms with Crippen LogP contribution in [-0.4, -0.2) is 33.3 Å². The molecule has 0 saturated heterocycles. The van der Waals surface area contributed by atoms with Crippen LogP contribution in [0.5, 0.6) is 0 Å². The van der Waals surface area contributed by atoms with Crippen LogP contribution in [0.4, 0.5) is 10.2 Å². The number of amides is 1. The van der Waals surface area contributed by atoms with Gasteiger partial charge in [-0.15, -0.1) is 0 Å². The summed E-state index contributed by atoms with van der Waals surface area (Å²) in [6.07, 6.45) is 7.52. The van der Waals surface area contributed by atoms with Crippen LogP contribution in [0.3, 0.4) is 0 Å². The molecule has 2 N–H and O–H groups in total. The molecule has 2 unspecified atom stereocenters. The van der Waals surface area contributed by atoms with Crippen LogP contribution in [0.2, 0.25) is 5.02 Å². The van der Waals surface area contributed by atoms with Crippen molar-refractivity contribution in [2.45, 2.75) is 97.7 Å². The van der Waals surface area contributed by atoms with Gasteiger partial charge in [0.2, 0.25) is 5.91 Å². The van der Waals surface area contributed by atoms with E-state index in [0.717, 1.165) is 30.4 Å². The molecule has 1 aliphatic carbocycles. The first kappa shape index (κ1) is 27.3. The highest BCUT2D eigenvalue weighted by molar-refractivity contribution is 6.31. The van der Waals surface area contributed by atoms with Crippen molar-refractivity contribution >= 4 is 29.1 Å². The van der Waals surface area contributed by atoms with Crippen molar-refractivity contribution in [3.05, 3.63) is 46.6 Å². The monoisotopic (exact) mass is 504 g/mol. The summed E-state index contributed by atoms with van der Waals surface area (Å²) >= 11 is 6.30. The first-order valence-corrected chi connectivity index (χ1v) is 12.8. The normalized spacial score (nSPS) is 17.1. The number of hydrogen-bond donors (Lipinski definition) is 2. The molecule has 0 saturated carbocycles. The lowest BCUT2D eigenvalue weighted by Crippen LogP contribution is -2.47. The number of nitrogens with zero attached hydrogens (tertiary/aromatic N) is 2. The zero-order valence-corrected chi connectivity index (χ0v) is 22.4. The minimum absolute atomic E-state index is 0.0765. The SMILES string of the molecule is CCCC(NC1CCc2cc(F)cc(Cl)c2C1)C(=O)Nc1cn(C(C)(C)CC(=O)C(C)(C)C)cn1. The summed E-state index contributed by atoms with van der Waals surface area (Å²) in [5.74, 6) is 0.179. The lowest BCUT2D eigenvalue weighted by molar-refractivity contribution is -0.128. The topological polar surface area (TPSA) is 76.0 Å². The lowest BCUT2D eigenvalue weighted by atomic mass is 9.83.